The van der Waals surface area contributed by atoms with E-state index in [-0.39, 0.29) is 17.7 Å². The largest absolute Gasteiger partial charge is 0.289 e. The first kappa shape index (κ1) is 17.0. The number of rotatable bonds is 4. The third-order valence-electron chi connectivity index (χ3n) is 4.76. The molecule has 0 N–H and O–H groups in total. The van der Waals surface area contributed by atoms with Gasteiger partial charge in [-0.25, -0.2) is 0 Å². The van der Waals surface area contributed by atoms with Gasteiger partial charge >= 0.3 is 0 Å². The highest BCUT2D eigenvalue weighted by atomic mass is 32.1. The maximum atomic E-state index is 12.1. The summed E-state index contributed by atoms with van der Waals surface area (Å²) in [6.07, 6.45) is 1.73. The van der Waals surface area contributed by atoms with Gasteiger partial charge in [-0.3, -0.25) is 14.1 Å². The zero-order valence-corrected chi connectivity index (χ0v) is 15.4. The number of thiol groups is 1. The second kappa shape index (κ2) is 6.98. The summed E-state index contributed by atoms with van der Waals surface area (Å²) < 4.78 is 1.54. The fourth-order valence-corrected chi connectivity index (χ4v) is 3.71. The molecule has 1 aromatic carbocycles. The van der Waals surface area contributed by atoms with E-state index in [0.29, 0.717) is 0 Å². The quantitative estimate of drug-likeness (QED) is 0.828. The van der Waals surface area contributed by atoms with Gasteiger partial charge in [-0.15, -0.1) is 0 Å². The predicted molar refractivity (Wildman–Crippen MR) is 101 cm³/mol. The molecule has 1 amide bonds. The van der Waals surface area contributed by atoms with Crippen LogP contribution in [0, 0.1) is 19.8 Å². The first-order chi connectivity index (χ1) is 11.4. The van der Waals surface area contributed by atoms with E-state index >= 15 is 0 Å². The molecular weight excluding hydrogens is 316 g/mol. The molecule has 2 unspecified atom stereocenters. The maximum Gasteiger partial charge on any atom is 0.235 e. The minimum atomic E-state index is 0.0715. The highest BCUT2D eigenvalue weighted by molar-refractivity contribution is 7.78. The van der Waals surface area contributed by atoms with Crippen LogP contribution >= 0.6 is 12.8 Å². The van der Waals surface area contributed by atoms with Gasteiger partial charge in [0.05, 0.1) is 0 Å². The summed E-state index contributed by atoms with van der Waals surface area (Å²) in [5.74, 6) is 0.473. The number of hydrogen-bond donors (Lipinski definition) is 1. The average Bonchev–Trinajstić information content (AvgIpc) is 2.86. The van der Waals surface area contributed by atoms with E-state index in [2.05, 4.69) is 63.1 Å². The van der Waals surface area contributed by atoms with Crippen molar-refractivity contribution in [3.63, 3.8) is 0 Å². The number of carbonyl (C=O) groups is 1. The van der Waals surface area contributed by atoms with Crippen LogP contribution in [0.2, 0.25) is 0 Å². The molecule has 1 aliphatic heterocycles. The van der Waals surface area contributed by atoms with Crippen LogP contribution in [0.15, 0.2) is 36.4 Å². The lowest BCUT2D eigenvalue weighted by atomic mass is 9.90. The molecule has 2 atom stereocenters. The Balaban J connectivity index is 1.84. The van der Waals surface area contributed by atoms with E-state index in [0.717, 1.165) is 30.8 Å². The van der Waals surface area contributed by atoms with Crippen molar-refractivity contribution in [2.45, 2.75) is 39.5 Å². The maximum absolute atomic E-state index is 12.1. The van der Waals surface area contributed by atoms with Gasteiger partial charge in [0.25, 0.3) is 0 Å². The van der Waals surface area contributed by atoms with Crippen LogP contribution in [0.3, 0.4) is 0 Å². The van der Waals surface area contributed by atoms with Gasteiger partial charge in [0.15, 0.2) is 0 Å². The van der Waals surface area contributed by atoms with Gasteiger partial charge < -0.3 is 0 Å². The lowest BCUT2D eigenvalue weighted by molar-refractivity contribution is -0.126. The zero-order chi connectivity index (χ0) is 17.3. The van der Waals surface area contributed by atoms with Crippen LogP contribution < -0.4 is 0 Å². The number of nitrogens with zero attached hydrogens (tertiary/aromatic N) is 2. The first-order valence-electron chi connectivity index (χ1n) is 8.50. The minimum absolute atomic E-state index is 0.0715. The molecule has 3 rings (SSSR count). The molecule has 0 radical (unpaired) electrons. The third-order valence-corrected chi connectivity index (χ3v) is 5.16. The molecule has 0 aliphatic carbocycles. The average molecular weight is 340 g/mol. The molecule has 1 aliphatic rings. The van der Waals surface area contributed by atoms with Crippen molar-refractivity contribution in [3.8, 4) is 11.1 Å². The molecule has 0 saturated carbocycles. The number of carbonyl (C=O) groups excluding carboxylic acids is 1. The van der Waals surface area contributed by atoms with Crippen LogP contribution in [0.5, 0.6) is 0 Å². The van der Waals surface area contributed by atoms with Crippen LogP contribution in [0.4, 0.5) is 0 Å². The fraction of sp³-hybridized carbons (Fsp3) is 0.400. The van der Waals surface area contributed by atoms with Gasteiger partial charge in [-0.05, 0) is 55.9 Å². The van der Waals surface area contributed by atoms with E-state index in [1.54, 1.807) is 4.31 Å². The van der Waals surface area contributed by atoms with E-state index in [9.17, 15) is 4.79 Å². The number of benzene rings is 1. The van der Waals surface area contributed by atoms with Gasteiger partial charge in [0, 0.05) is 23.9 Å². The normalized spacial score (nSPS) is 18.9. The molecule has 1 aromatic heterocycles. The molecular formula is C20H24N2OS. The molecule has 3 nitrogen and oxygen atoms in total. The van der Waals surface area contributed by atoms with Gasteiger partial charge in [-0.2, -0.15) is 0 Å². The monoisotopic (exact) mass is 340 g/mol. The number of amides is 1. The second-order valence-electron chi connectivity index (χ2n) is 6.88. The Labute approximate surface area is 149 Å². The number of aryl methyl sites for hydroxylation is 2. The highest BCUT2D eigenvalue weighted by Gasteiger charge is 2.31. The third kappa shape index (κ3) is 3.64. The van der Waals surface area contributed by atoms with Gasteiger partial charge in [0.2, 0.25) is 5.91 Å². The fourth-order valence-electron chi connectivity index (χ4n) is 3.43. The molecule has 0 bridgehead atoms. The zero-order valence-electron chi connectivity index (χ0n) is 14.5. The Bertz CT molecular complexity index is 759. The summed E-state index contributed by atoms with van der Waals surface area (Å²) in [6.45, 7) is 7.05. The summed E-state index contributed by atoms with van der Waals surface area (Å²) in [5, 5.41) is 0. The Kier molecular flexibility index (Phi) is 4.95. The summed E-state index contributed by atoms with van der Waals surface area (Å²) >= 11 is 4.21. The summed E-state index contributed by atoms with van der Waals surface area (Å²) in [7, 11) is 0. The Hall–Kier alpha value is -1.81. The Morgan fingerprint density at radius 2 is 2.04 bits per heavy atom. The lowest BCUT2D eigenvalue weighted by Gasteiger charge is -2.17. The van der Waals surface area contributed by atoms with Crippen molar-refractivity contribution in [2.75, 3.05) is 6.54 Å². The SMILES string of the molecule is Cc1cccc(-c2cc(C)nc(C(C)CC3CCN(S)C3=O)c2)c1. The Morgan fingerprint density at radius 1 is 1.25 bits per heavy atom. The molecule has 0 spiro atoms. The molecule has 2 heterocycles. The Morgan fingerprint density at radius 3 is 2.71 bits per heavy atom. The molecule has 1 fully saturated rings. The topological polar surface area (TPSA) is 33.2 Å². The second-order valence-corrected chi connectivity index (χ2v) is 7.36. The summed E-state index contributed by atoms with van der Waals surface area (Å²) in [4.78, 5) is 16.8. The van der Waals surface area contributed by atoms with Gasteiger partial charge in [0.1, 0.15) is 0 Å². The number of pyridine rings is 1. The van der Waals surface area contributed by atoms with Crippen molar-refractivity contribution >= 4 is 18.7 Å². The highest BCUT2D eigenvalue weighted by Crippen LogP contribution is 2.32. The van der Waals surface area contributed by atoms with Crippen LogP contribution in [-0.4, -0.2) is 21.7 Å². The molecule has 24 heavy (non-hydrogen) atoms. The van der Waals surface area contributed by atoms with Crippen molar-refractivity contribution < 1.29 is 4.79 Å². The van der Waals surface area contributed by atoms with Gasteiger partial charge in [-0.1, -0.05) is 49.6 Å². The summed E-state index contributed by atoms with van der Waals surface area (Å²) in [6, 6.07) is 12.8. The van der Waals surface area contributed by atoms with E-state index in [1.165, 1.54) is 16.7 Å². The van der Waals surface area contributed by atoms with E-state index < -0.39 is 0 Å². The van der Waals surface area contributed by atoms with Crippen LogP contribution in [-0.2, 0) is 4.79 Å². The molecule has 4 heteroatoms. The van der Waals surface area contributed by atoms with Crippen molar-refractivity contribution in [1.82, 2.24) is 9.29 Å². The molecule has 126 valence electrons. The first-order valence-corrected chi connectivity index (χ1v) is 8.90. The lowest BCUT2D eigenvalue weighted by Crippen LogP contribution is -2.19. The van der Waals surface area contributed by atoms with E-state index in [4.69, 9.17) is 4.98 Å². The number of aromatic nitrogens is 1. The van der Waals surface area contributed by atoms with E-state index in [1.807, 2.05) is 6.92 Å². The number of hydrogen-bond acceptors (Lipinski definition) is 3. The smallest absolute Gasteiger partial charge is 0.235 e. The molecule has 1 saturated heterocycles. The minimum Gasteiger partial charge on any atom is -0.289 e. The van der Waals surface area contributed by atoms with Crippen LogP contribution in [0.1, 0.15) is 42.6 Å². The predicted octanol–water partition coefficient (Wildman–Crippen LogP) is 4.55. The molecule has 2 aromatic rings. The van der Waals surface area contributed by atoms with Crippen LogP contribution in [0.25, 0.3) is 11.1 Å². The summed E-state index contributed by atoms with van der Waals surface area (Å²) in [5.41, 5.74) is 5.75. The standard InChI is InChI=1S/C20H24N2OS/c1-13-5-4-6-16(9-13)18-11-15(3)21-19(12-18)14(2)10-17-7-8-22(24)20(17)23/h4-6,9,11-12,14,17,24H,7-8,10H2,1-3H3. The van der Waals surface area contributed by atoms with Crippen molar-refractivity contribution in [1.29, 1.82) is 0 Å². The van der Waals surface area contributed by atoms with Crippen molar-refractivity contribution in [2.24, 2.45) is 5.92 Å². The van der Waals surface area contributed by atoms with Crippen molar-refractivity contribution in [3.05, 3.63) is 53.3 Å².